The third kappa shape index (κ3) is 5.10. The van der Waals surface area contributed by atoms with Crippen LogP contribution in [-0.4, -0.2) is 50.3 Å². The monoisotopic (exact) mass is 226 g/mol. The van der Waals surface area contributed by atoms with Gasteiger partial charge in [-0.25, -0.2) is 0 Å². The molecule has 0 aromatic rings. The van der Waals surface area contributed by atoms with Crippen molar-refractivity contribution >= 4 is 0 Å². The fourth-order valence-electron chi connectivity index (χ4n) is 2.02. The minimum absolute atomic E-state index is 0.471. The van der Waals surface area contributed by atoms with E-state index in [0.29, 0.717) is 12.1 Å². The molecule has 1 fully saturated rings. The van der Waals surface area contributed by atoms with Crippen molar-refractivity contribution in [2.24, 2.45) is 0 Å². The first kappa shape index (κ1) is 13.7. The van der Waals surface area contributed by atoms with Gasteiger partial charge in [-0.1, -0.05) is 20.4 Å². The highest BCUT2D eigenvalue weighted by atomic mass is 16.5. The summed E-state index contributed by atoms with van der Waals surface area (Å²) in [6, 6.07) is 0.538. The summed E-state index contributed by atoms with van der Waals surface area (Å²) < 4.78 is 5.36. The molecular weight excluding hydrogens is 200 g/mol. The summed E-state index contributed by atoms with van der Waals surface area (Å²) in [4.78, 5) is 2.47. The van der Waals surface area contributed by atoms with Gasteiger partial charge in [0, 0.05) is 39.3 Å². The Morgan fingerprint density at radius 2 is 2.06 bits per heavy atom. The van der Waals surface area contributed by atoms with E-state index in [-0.39, 0.29) is 0 Å². The minimum atomic E-state index is 0.471. The summed E-state index contributed by atoms with van der Waals surface area (Å²) in [6.45, 7) is 12.7. The molecule has 0 amide bonds. The second-order valence-corrected chi connectivity index (χ2v) is 5.00. The van der Waals surface area contributed by atoms with Crippen molar-refractivity contribution in [3.63, 3.8) is 0 Å². The number of hydrogen-bond acceptors (Lipinski definition) is 3. The second-order valence-electron chi connectivity index (χ2n) is 5.00. The number of rotatable bonds is 6. The molecule has 94 valence electrons. The Morgan fingerprint density at radius 1 is 1.44 bits per heavy atom. The summed E-state index contributed by atoms with van der Waals surface area (Å²) >= 11 is 0. The van der Waals surface area contributed by atoms with Gasteiger partial charge in [0.1, 0.15) is 0 Å². The van der Waals surface area contributed by atoms with Crippen LogP contribution in [-0.2, 0) is 4.74 Å². The highest BCUT2D eigenvalue weighted by Gasteiger charge is 2.18. The average Bonchev–Trinajstić information content (AvgIpc) is 2.27. The molecule has 0 atom stereocenters. The van der Waals surface area contributed by atoms with E-state index in [1.165, 1.54) is 5.57 Å². The maximum absolute atomic E-state index is 5.36. The van der Waals surface area contributed by atoms with Crippen molar-refractivity contribution < 1.29 is 4.74 Å². The Bertz CT molecular complexity index is 208. The van der Waals surface area contributed by atoms with Crippen LogP contribution in [0.15, 0.2) is 12.2 Å². The Labute approximate surface area is 99.8 Å². The van der Waals surface area contributed by atoms with E-state index in [9.17, 15) is 0 Å². The van der Waals surface area contributed by atoms with E-state index in [1.54, 1.807) is 0 Å². The topological polar surface area (TPSA) is 24.5 Å². The molecule has 1 aliphatic rings. The highest BCUT2D eigenvalue weighted by molar-refractivity contribution is 5.00. The lowest BCUT2D eigenvalue weighted by Crippen LogP contribution is -2.39. The fourth-order valence-corrected chi connectivity index (χ4v) is 2.02. The molecule has 16 heavy (non-hydrogen) atoms. The van der Waals surface area contributed by atoms with Gasteiger partial charge in [-0.2, -0.15) is 0 Å². The smallest absolute Gasteiger partial charge is 0.0595 e. The van der Waals surface area contributed by atoms with E-state index in [0.717, 1.165) is 39.0 Å². The van der Waals surface area contributed by atoms with E-state index >= 15 is 0 Å². The zero-order chi connectivity index (χ0) is 12.0. The van der Waals surface area contributed by atoms with Crippen LogP contribution in [0.3, 0.4) is 0 Å². The molecule has 1 saturated heterocycles. The molecule has 3 heteroatoms. The lowest BCUT2D eigenvalue weighted by atomic mass is 10.1. The molecular formula is C13H26N2O. The maximum atomic E-state index is 5.36. The molecule has 0 radical (unpaired) electrons. The molecule has 1 N–H and O–H groups in total. The summed E-state index contributed by atoms with van der Waals surface area (Å²) in [5.74, 6) is 0. The van der Waals surface area contributed by atoms with Gasteiger partial charge in [0.2, 0.25) is 0 Å². The standard InChI is InChI=1S/C13H26N2O/c1-11(2)14-9-12(3)10-15-7-5-13(16-4)6-8-15/h11,13-14H,3,5-10H2,1-2,4H3. The predicted molar refractivity (Wildman–Crippen MR) is 68.7 cm³/mol. The number of likely N-dealkylation sites (tertiary alicyclic amines) is 1. The van der Waals surface area contributed by atoms with Gasteiger partial charge in [0.15, 0.2) is 0 Å². The van der Waals surface area contributed by atoms with Crippen LogP contribution in [0.4, 0.5) is 0 Å². The fraction of sp³-hybridized carbons (Fsp3) is 0.846. The van der Waals surface area contributed by atoms with Gasteiger partial charge < -0.3 is 10.1 Å². The lowest BCUT2D eigenvalue weighted by Gasteiger charge is -2.31. The SMILES string of the molecule is C=C(CNC(C)C)CN1CCC(OC)CC1. The Hall–Kier alpha value is -0.380. The number of nitrogens with zero attached hydrogens (tertiary/aromatic N) is 1. The van der Waals surface area contributed by atoms with E-state index in [1.807, 2.05) is 7.11 Å². The number of methoxy groups -OCH3 is 1. The third-order valence-corrected chi connectivity index (χ3v) is 3.08. The van der Waals surface area contributed by atoms with Gasteiger partial charge in [0.25, 0.3) is 0 Å². The largest absolute Gasteiger partial charge is 0.381 e. The predicted octanol–water partition coefficient (Wildman–Crippen LogP) is 1.65. The van der Waals surface area contributed by atoms with Crippen LogP contribution in [0.1, 0.15) is 26.7 Å². The van der Waals surface area contributed by atoms with Crippen LogP contribution < -0.4 is 5.32 Å². The van der Waals surface area contributed by atoms with E-state index in [4.69, 9.17) is 4.74 Å². The molecule has 0 spiro atoms. The Morgan fingerprint density at radius 3 is 2.56 bits per heavy atom. The lowest BCUT2D eigenvalue weighted by molar-refractivity contribution is 0.0437. The normalized spacial score (nSPS) is 19.2. The van der Waals surface area contributed by atoms with Crippen LogP contribution in [0.2, 0.25) is 0 Å². The van der Waals surface area contributed by atoms with Gasteiger partial charge in [0.05, 0.1) is 6.10 Å². The molecule has 3 nitrogen and oxygen atoms in total. The molecule has 1 aliphatic heterocycles. The Balaban J connectivity index is 2.15. The van der Waals surface area contributed by atoms with Gasteiger partial charge in [-0.3, -0.25) is 4.90 Å². The Kier molecular flexibility index (Phi) is 6.03. The molecule has 1 heterocycles. The second kappa shape index (κ2) is 7.05. The summed E-state index contributed by atoms with van der Waals surface area (Å²) in [5, 5.41) is 3.40. The molecule has 0 aromatic heterocycles. The van der Waals surface area contributed by atoms with Crippen molar-refractivity contribution in [3.05, 3.63) is 12.2 Å². The van der Waals surface area contributed by atoms with E-state index in [2.05, 4.69) is 30.6 Å². The van der Waals surface area contributed by atoms with Gasteiger partial charge >= 0.3 is 0 Å². The number of piperidine rings is 1. The zero-order valence-corrected chi connectivity index (χ0v) is 11.0. The summed E-state index contributed by atoms with van der Waals surface area (Å²) in [6.07, 6.45) is 2.78. The van der Waals surface area contributed by atoms with Crippen LogP contribution in [0.5, 0.6) is 0 Å². The first-order valence-electron chi connectivity index (χ1n) is 6.27. The van der Waals surface area contributed by atoms with Crippen LogP contribution >= 0.6 is 0 Å². The first-order chi connectivity index (χ1) is 7.61. The number of hydrogen-bond donors (Lipinski definition) is 1. The summed E-state index contributed by atoms with van der Waals surface area (Å²) in [7, 11) is 1.81. The van der Waals surface area contributed by atoms with Crippen molar-refractivity contribution in [2.75, 3.05) is 33.3 Å². The molecule has 0 saturated carbocycles. The number of ether oxygens (including phenoxy) is 1. The van der Waals surface area contributed by atoms with Crippen molar-refractivity contribution in [1.82, 2.24) is 10.2 Å². The van der Waals surface area contributed by atoms with Crippen LogP contribution in [0, 0.1) is 0 Å². The first-order valence-corrected chi connectivity index (χ1v) is 6.27. The number of nitrogens with one attached hydrogen (secondary N) is 1. The van der Waals surface area contributed by atoms with Crippen molar-refractivity contribution in [2.45, 2.75) is 38.8 Å². The quantitative estimate of drug-likeness (QED) is 0.697. The maximum Gasteiger partial charge on any atom is 0.0595 e. The zero-order valence-electron chi connectivity index (χ0n) is 11.0. The van der Waals surface area contributed by atoms with Gasteiger partial charge in [-0.05, 0) is 18.4 Å². The van der Waals surface area contributed by atoms with Crippen molar-refractivity contribution in [3.8, 4) is 0 Å². The minimum Gasteiger partial charge on any atom is -0.381 e. The third-order valence-electron chi connectivity index (χ3n) is 3.08. The molecule has 0 aliphatic carbocycles. The van der Waals surface area contributed by atoms with Crippen molar-refractivity contribution in [1.29, 1.82) is 0 Å². The van der Waals surface area contributed by atoms with E-state index < -0.39 is 0 Å². The molecule has 0 unspecified atom stereocenters. The van der Waals surface area contributed by atoms with Gasteiger partial charge in [-0.15, -0.1) is 0 Å². The molecule has 0 bridgehead atoms. The molecule has 0 aromatic carbocycles. The summed E-state index contributed by atoms with van der Waals surface area (Å²) in [5.41, 5.74) is 1.28. The van der Waals surface area contributed by atoms with Crippen LogP contribution in [0.25, 0.3) is 0 Å². The molecule has 1 rings (SSSR count). The average molecular weight is 226 g/mol. The highest BCUT2D eigenvalue weighted by Crippen LogP contribution is 2.13.